The molecule has 0 bridgehead atoms. The molecule has 1 fully saturated rings. The third kappa shape index (κ3) is 3.79. The standard InChI is InChI=1S/C16H18N4O2/c21-16(18-15-7-4-8-17-19-15)20-9-10-22-14(12-20)11-13-5-2-1-3-6-13/h1-8,14H,9-12H2,(H,18,19,21)/t14-/m1/s1. The first kappa shape index (κ1) is 14.5. The molecule has 2 heterocycles. The first-order valence-corrected chi connectivity index (χ1v) is 7.30. The van der Waals surface area contributed by atoms with E-state index in [4.69, 9.17) is 4.74 Å². The Morgan fingerprint density at radius 2 is 2.14 bits per heavy atom. The van der Waals surface area contributed by atoms with E-state index in [0.29, 0.717) is 25.5 Å². The summed E-state index contributed by atoms with van der Waals surface area (Å²) in [6.07, 6.45) is 2.39. The van der Waals surface area contributed by atoms with Crippen molar-refractivity contribution in [3.05, 3.63) is 54.2 Å². The number of hydrogen-bond donors (Lipinski definition) is 1. The number of carbonyl (C=O) groups excluding carboxylic acids is 1. The molecule has 0 aliphatic carbocycles. The highest BCUT2D eigenvalue weighted by molar-refractivity contribution is 5.88. The summed E-state index contributed by atoms with van der Waals surface area (Å²) < 4.78 is 5.76. The topological polar surface area (TPSA) is 67.4 Å². The molecule has 0 saturated carbocycles. The number of amides is 2. The van der Waals surface area contributed by atoms with Gasteiger partial charge in [0.15, 0.2) is 5.82 Å². The quantitative estimate of drug-likeness (QED) is 0.940. The molecular weight excluding hydrogens is 280 g/mol. The minimum Gasteiger partial charge on any atom is -0.374 e. The van der Waals surface area contributed by atoms with Crippen LogP contribution in [0.3, 0.4) is 0 Å². The summed E-state index contributed by atoms with van der Waals surface area (Å²) in [5, 5.41) is 10.4. The second-order valence-corrected chi connectivity index (χ2v) is 5.17. The Labute approximate surface area is 129 Å². The van der Waals surface area contributed by atoms with E-state index in [1.807, 2.05) is 18.2 Å². The fourth-order valence-corrected chi connectivity index (χ4v) is 2.46. The van der Waals surface area contributed by atoms with Crippen molar-refractivity contribution in [2.24, 2.45) is 0 Å². The zero-order valence-corrected chi connectivity index (χ0v) is 12.2. The smallest absolute Gasteiger partial charge is 0.323 e. The maximum Gasteiger partial charge on any atom is 0.323 e. The van der Waals surface area contributed by atoms with Gasteiger partial charge < -0.3 is 9.64 Å². The lowest BCUT2D eigenvalue weighted by atomic mass is 10.1. The van der Waals surface area contributed by atoms with Gasteiger partial charge in [0.1, 0.15) is 0 Å². The zero-order valence-electron chi connectivity index (χ0n) is 12.2. The van der Waals surface area contributed by atoms with Crippen molar-refractivity contribution in [2.45, 2.75) is 12.5 Å². The van der Waals surface area contributed by atoms with Crippen molar-refractivity contribution in [1.82, 2.24) is 15.1 Å². The second kappa shape index (κ2) is 7.00. The van der Waals surface area contributed by atoms with Crippen molar-refractivity contribution in [2.75, 3.05) is 25.0 Å². The van der Waals surface area contributed by atoms with Gasteiger partial charge in [0.05, 0.1) is 12.7 Å². The Morgan fingerprint density at radius 1 is 1.27 bits per heavy atom. The van der Waals surface area contributed by atoms with Crippen molar-refractivity contribution in [3.63, 3.8) is 0 Å². The van der Waals surface area contributed by atoms with E-state index in [0.717, 1.165) is 6.42 Å². The van der Waals surface area contributed by atoms with Gasteiger partial charge in [-0.1, -0.05) is 30.3 Å². The highest BCUT2D eigenvalue weighted by atomic mass is 16.5. The first-order valence-electron chi connectivity index (χ1n) is 7.30. The fourth-order valence-electron chi connectivity index (χ4n) is 2.46. The molecule has 6 heteroatoms. The number of nitrogens with one attached hydrogen (secondary N) is 1. The highest BCUT2D eigenvalue weighted by Crippen LogP contribution is 2.13. The lowest BCUT2D eigenvalue weighted by molar-refractivity contribution is -0.0113. The number of benzene rings is 1. The van der Waals surface area contributed by atoms with Crippen LogP contribution in [0, 0.1) is 0 Å². The summed E-state index contributed by atoms with van der Waals surface area (Å²) in [4.78, 5) is 14.0. The molecular formula is C16H18N4O2. The SMILES string of the molecule is O=C(Nc1cccnn1)N1CCO[C@H](Cc2ccccc2)C1. The molecule has 1 aromatic heterocycles. The van der Waals surface area contributed by atoms with Crippen LogP contribution < -0.4 is 5.32 Å². The number of aromatic nitrogens is 2. The van der Waals surface area contributed by atoms with E-state index < -0.39 is 0 Å². The normalized spacial score (nSPS) is 18.0. The molecule has 1 N–H and O–H groups in total. The number of morpholine rings is 1. The molecule has 1 aromatic carbocycles. The second-order valence-electron chi connectivity index (χ2n) is 5.17. The van der Waals surface area contributed by atoms with Gasteiger partial charge >= 0.3 is 6.03 Å². The number of rotatable bonds is 3. The predicted molar refractivity (Wildman–Crippen MR) is 82.5 cm³/mol. The number of hydrogen-bond acceptors (Lipinski definition) is 4. The Kier molecular flexibility index (Phi) is 4.60. The van der Waals surface area contributed by atoms with E-state index >= 15 is 0 Å². The van der Waals surface area contributed by atoms with Gasteiger partial charge in [0, 0.05) is 25.7 Å². The molecule has 6 nitrogen and oxygen atoms in total. The molecule has 0 spiro atoms. The zero-order chi connectivity index (χ0) is 15.2. The molecule has 1 saturated heterocycles. The fraction of sp³-hybridized carbons (Fsp3) is 0.312. The predicted octanol–water partition coefficient (Wildman–Crippen LogP) is 1.95. The molecule has 3 rings (SSSR count). The molecule has 1 aliphatic heterocycles. The van der Waals surface area contributed by atoms with Crippen LogP contribution in [0.4, 0.5) is 10.6 Å². The van der Waals surface area contributed by atoms with Crippen molar-refractivity contribution >= 4 is 11.8 Å². The molecule has 0 unspecified atom stereocenters. The van der Waals surface area contributed by atoms with Crippen LogP contribution >= 0.6 is 0 Å². The molecule has 1 aliphatic rings. The lowest BCUT2D eigenvalue weighted by Gasteiger charge is -2.32. The third-order valence-electron chi connectivity index (χ3n) is 3.54. The Bertz CT molecular complexity index is 606. The molecule has 1 atom stereocenters. The molecule has 22 heavy (non-hydrogen) atoms. The Balaban J connectivity index is 1.57. The van der Waals surface area contributed by atoms with Crippen LogP contribution in [-0.2, 0) is 11.2 Å². The number of carbonyl (C=O) groups is 1. The average Bonchev–Trinajstić information content (AvgIpc) is 2.57. The van der Waals surface area contributed by atoms with Gasteiger partial charge in [0.2, 0.25) is 0 Å². The van der Waals surface area contributed by atoms with Crippen molar-refractivity contribution in [1.29, 1.82) is 0 Å². The maximum atomic E-state index is 12.3. The molecule has 2 aromatic rings. The highest BCUT2D eigenvalue weighted by Gasteiger charge is 2.24. The van der Waals surface area contributed by atoms with E-state index in [2.05, 4.69) is 27.6 Å². The summed E-state index contributed by atoms with van der Waals surface area (Å²) in [6.45, 7) is 1.70. The molecule has 2 amide bonds. The number of ether oxygens (including phenoxy) is 1. The van der Waals surface area contributed by atoms with Crippen LogP contribution in [-0.4, -0.2) is 46.9 Å². The van der Waals surface area contributed by atoms with Gasteiger partial charge in [-0.2, -0.15) is 5.10 Å². The van der Waals surface area contributed by atoms with Crippen molar-refractivity contribution in [3.8, 4) is 0 Å². The molecule has 114 valence electrons. The maximum absolute atomic E-state index is 12.3. The van der Waals surface area contributed by atoms with E-state index in [9.17, 15) is 4.79 Å². The average molecular weight is 298 g/mol. The number of urea groups is 1. The van der Waals surface area contributed by atoms with Gasteiger partial charge in [-0.3, -0.25) is 5.32 Å². The Morgan fingerprint density at radius 3 is 2.91 bits per heavy atom. The summed E-state index contributed by atoms with van der Waals surface area (Å²) in [5.74, 6) is 0.457. The minimum atomic E-state index is -0.165. The van der Waals surface area contributed by atoms with Crippen molar-refractivity contribution < 1.29 is 9.53 Å². The molecule has 0 radical (unpaired) electrons. The minimum absolute atomic E-state index is 0.0174. The third-order valence-corrected chi connectivity index (χ3v) is 3.54. The number of anilines is 1. The summed E-state index contributed by atoms with van der Waals surface area (Å²) in [5.41, 5.74) is 1.21. The van der Waals surface area contributed by atoms with Crippen LogP contribution in [0.25, 0.3) is 0 Å². The van der Waals surface area contributed by atoms with Crippen LogP contribution in [0.1, 0.15) is 5.56 Å². The van der Waals surface area contributed by atoms with Gasteiger partial charge in [-0.25, -0.2) is 4.79 Å². The largest absolute Gasteiger partial charge is 0.374 e. The van der Waals surface area contributed by atoms with Gasteiger partial charge in [-0.05, 0) is 17.7 Å². The number of nitrogens with zero attached hydrogens (tertiary/aromatic N) is 3. The summed E-state index contributed by atoms with van der Waals surface area (Å²) in [6, 6.07) is 13.4. The van der Waals surface area contributed by atoms with Crippen LogP contribution in [0.5, 0.6) is 0 Å². The van der Waals surface area contributed by atoms with E-state index in [1.165, 1.54) is 5.56 Å². The first-order chi connectivity index (χ1) is 10.8. The van der Waals surface area contributed by atoms with Crippen LogP contribution in [0.2, 0.25) is 0 Å². The Hall–Kier alpha value is -2.47. The van der Waals surface area contributed by atoms with Gasteiger partial charge in [-0.15, -0.1) is 5.10 Å². The summed E-state index contributed by atoms with van der Waals surface area (Å²) in [7, 11) is 0. The van der Waals surface area contributed by atoms with E-state index in [-0.39, 0.29) is 12.1 Å². The lowest BCUT2D eigenvalue weighted by Crippen LogP contribution is -2.48. The van der Waals surface area contributed by atoms with E-state index in [1.54, 1.807) is 23.2 Å². The summed E-state index contributed by atoms with van der Waals surface area (Å²) >= 11 is 0. The van der Waals surface area contributed by atoms with Gasteiger partial charge in [0.25, 0.3) is 0 Å². The monoisotopic (exact) mass is 298 g/mol. The van der Waals surface area contributed by atoms with Crippen LogP contribution in [0.15, 0.2) is 48.7 Å².